The lowest BCUT2D eigenvalue weighted by Crippen LogP contribution is -2.45. The number of hydrogen-bond donors (Lipinski definition) is 2. The van der Waals surface area contributed by atoms with Crippen molar-refractivity contribution in [2.75, 3.05) is 12.3 Å². The Balaban J connectivity index is 2.08. The minimum Gasteiger partial charge on any atom is -0.480 e. The van der Waals surface area contributed by atoms with Gasteiger partial charge in [-0.2, -0.15) is 0 Å². The molecule has 1 saturated heterocycles. The van der Waals surface area contributed by atoms with Crippen molar-refractivity contribution in [3.05, 3.63) is 11.1 Å². The number of nitrogens with two attached hydrogens (primary N) is 1. The molecule has 0 spiro atoms. The summed E-state index contributed by atoms with van der Waals surface area (Å²) in [5.41, 5.74) is 6.13. The molecule has 0 aliphatic carbocycles. The predicted molar refractivity (Wildman–Crippen MR) is 71.8 cm³/mol. The molecule has 1 aromatic heterocycles. The highest BCUT2D eigenvalue weighted by Gasteiger charge is 2.30. The van der Waals surface area contributed by atoms with E-state index in [9.17, 15) is 14.7 Å². The molecular weight excluding hydrogens is 266 g/mol. The Morgan fingerprint density at radius 3 is 2.89 bits per heavy atom. The number of aromatic nitrogens is 1. The first kappa shape index (κ1) is 13.8. The number of amides is 1. The van der Waals surface area contributed by atoms with E-state index in [-0.39, 0.29) is 12.3 Å². The maximum absolute atomic E-state index is 12.2. The predicted octanol–water partition coefficient (Wildman–Crippen LogP) is 1.12. The first-order valence-corrected chi connectivity index (χ1v) is 7.18. The maximum Gasteiger partial charge on any atom is 0.326 e. The van der Waals surface area contributed by atoms with Gasteiger partial charge in [0.05, 0.1) is 12.1 Å². The summed E-state index contributed by atoms with van der Waals surface area (Å²) < 4.78 is 0. The molecule has 3 N–H and O–H groups in total. The normalized spacial score (nSPS) is 20.0. The van der Waals surface area contributed by atoms with Gasteiger partial charge in [0, 0.05) is 11.9 Å². The van der Waals surface area contributed by atoms with Gasteiger partial charge < -0.3 is 15.7 Å². The first-order chi connectivity index (χ1) is 9.08. The Labute approximate surface area is 115 Å². The molecule has 104 valence electrons. The van der Waals surface area contributed by atoms with E-state index in [1.165, 1.54) is 16.2 Å². The third-order valence-corrected chi connectivity index (χ3v) is 3.98. The summed E-state index contributed by atoms with van der Waals surface area (Å²) in [6.07, 6.45) is 3.33. The zero-order chi connectivity index (χ0) is 13.8. The van der Waals surface area contributed by atoms with Crippen LogP contribution >= 0.6 is 11.3 Å². The quantitative estimate of drug-likeness (QED) is 0.866. The highest BCUT2D eigenvalue weighted by molar-refractivity contribution is 7.13. The molecule has 6 nitrogen and oxygen atoms in total. The first-order valence-electron chi connectivity index (χ1n) is 6.30. The fraction of sp³-hybridized carbons (Fsp3) is 0.583. The number of carbonyl (C=O) groups is 2. The van der Waals surface area contributed by atoms with Gasteiger partial charge in [0.2, 0.25) is 5.91 Å². The summed E-state index contributed by atoms with van der Waals surface area (Å²) in [6, 6.07) is -0.703. The minimum atomic E-state index is -0.923. The lowest BCUT2D eigenvalue weighted by Gasteiger charge is -2.26. The molecule has 2 rings (SSSR count). The van der Waals surface area contributed by atoms with Crippen LogP contribution in [0.5, 0.6) is 0 Å². The maximum atomic E-state index is 12.2. The van der Waals surface area contributed by atoms with Gasteiger partial charge in [-0.15, -0.1) is 11.3 Å². The average molecular weight is 283 g/mol. The molecule has 1 fully saturated rings. The van der Waals surface area contributed by atoms with Gasteiger partial charge in [-0.25, -0.2) is 9.78 Å². The molecule has 0 bridgehead atoms. The summed E-state index contributed by atoms with van der Waals surface area (Å²) in [6.45, 7) is 0.509. The topological polar surface area (TPSA) is 96.5 Å². The second kappa shape index (κ2) is 6.01. The van der Waals surface area contributed by atoms with Crippen LogP contribution in [0.4, 0.5) is 5.13 Å². The Hall–Kier alpha value is -1.63. The second-order valence-corrected chi connectivity index (χ2v) is 5.53. The number of likely N-dealkylation sites (tertiary alicyclic amines) is 1. The van der Waals surface area contributed by atoms with Crippen LogP contribution < -0.4 is 5.73 Å². The van der Waals surface area contributed by atoms with Crippen LogP contribution in [-0.4, -0.2) is 39.5 Å². The monoisotopic (exact) mass is 283 g/mol. The molecule has 1 aromatic rings. The van der Waals surface area contributed by atoms with Gasteiger partial charge in [0.15, 0.2) is 5.13 Å². The van der Waals surface area contributed by atoms with Gasteiger partial charge in [-0.1, -0.05) is 12.8 Å². The Bertz CT molecular complexity index is 475. The van der Waals surface area contributed by atoms with Crippen molar-refractivity contribution >= 4 is 28.3 Å². The summed E-state index contributed by atoms with van der Waals surface area (Å²) in [5, 5.41) is 11.4. The van der Waals surface area contributed by atoms with Crippen molar-refractivity contribution in [1.29, 1.82) is 0 Å². The van der Waals surface area contributed by atoms with Crippen LogP contribution in [0.25, 0.3) is 0 Å². The number of anilines is 1. The van der Waals surface area contributed by atoms with Crippen molar-refractivity contribution in [3.63, 3.8) is 0 Å². The number of thiazole rings is 1. The number of carbonyl (C=O) groups excluding carboxylic acids is 1. The SMILES string of the molecule is Nc1nc(CC(=O)N2CCCCCC2C(=O)O)cs1. The van der Waals surface area contributed by atoms with Crippen LogP contribution in [0.1, 0.15) is 31.4 Å². The smallest absolute Gasteiger partial charge is 0.326 e. The highest BCUT2D eigenvalue weighted by Crippen LogP contribution is 2.19. The molecule has 0 aromatic carbocycles. The minimum absolute atomic E-state index is 0.123. The Morgan fingerprint density at radius 2 is 2.26 bits per heavy atom. The number of hydrogen-bond acceptors (Lipinski definition) is 5. The van der Waals surface area contributed by atoms with Crippen molar-refractivity contribution < 1.29 is 14.7 Å². The molecule has 1 atom stereocenters. The summed E-state index contributed by atoms with van der Waals surface area (Å²) in [4.78, 5) is 29.0. The fourth-order valence-electron chi connectivity index (χ4n) is 2.32. The molecule has 19 heavy (non-hydrogen) atoms. The van der Waals surface area contributed by atoms with E-state index in [4.69, 9.17) is 5.73 Å². The number of carboxylic acids is 1. The average Bonchev–Trinajstić information content (AvgIpc) is 2.65. The van der Waals surface area contributed by atoms with Crippen LogP contribution in [0.3, 0.4) is 0 Å². The number of rotatable bonds is 3. The van der Waals surface area contributed by atoms with Crippen LogP contribution in [0.2, 0.25) is 0 Å². The van der Waals surface area contributed by atoms with Crippen LogP contribution in [-0.2, 0) is 16.0 Å². The summed E-state index contributed by atoms with van der Waals surface area (Å²) in [7, 11) is 0. The largest absolute Gasteiger partial charge is 0.480 e. The summed E-state index contributed by atoms with van der Waals surface area (Å²) >= 11 is 1.28. The molecular formula is C12H17N3O3S. The molecule has 0 saturated carbocycles. The Kier molecular flexibility index (Phi) is 4.36. The third kappa shape index (κ3) is 3.44. The number of nitrogens with zero attached hydrogens (tertiary/aromatic N) is 2. The van der Waals surface area contributed by atoms with E-state index in [1.807, 2.05) is 0 Å². The lowest BCUT2D eigenvalue weighted by molar-refractivity contribution is -0.150. The molecule has 1 aliphatic rings. The zero-order valence-electron chi connectivity index (χ0n) is 10.5. The van der Waals surface area contributed by atoms with E-state index in [0.717, 1.165) is 19.3 Å². The van der Waals surface area contributed by atoms with Gasteiger partial charge in [-0.3, -0.25) is 4.79 Å². The zero-order valence-corrected chi connectivity index (χ0v) is 11.4. The second-order valence-electron chi connectivity index (χ2n) is 4.64. The van der Waals surface area contributed by atoms with Crippen LogP contribution in [0.15, 0.2) is 5.38 Å². The molecule has 1 amide bonds. The van der Waals surface area contributed by atoms with E-state index >= 15 is 0 Å². The lowest BCUT2D eigenvalue weighted by atomic mass is 10.1. The van der Waals surface area contributed by atoms with Gasteiger partial charge in [0.1, 0.15) is 6.04 Å². The number of nitrogen functional groups attached to an aromatic ring is 1. The molecule has 0 radical (unpaired) electrons. The van der Waals surface area contributed by atoms with Gasteiger partial charge >= 0.3 is 5.97 Å². The molecule has 2 heterocycles. The number of aliphatic carboxylic acids is 1. The Morgan fingerprint density at radius 1 is 1.47 bits per heavy atom. The molecule has 1 aliphatic heterocycles. The van der Waals surface area contributed by atoms with E-state index in [2.05, 4.69) is 4.98 Å². The fourth-order valence-corrected chi connectivity index (χ4v) is 2.89. The van der Waals surface area contributed by atoms with E-state index < -0.39 is 12.0 Å². The molecule has 7 heteroatoms. The molecule has 1 unspecified atom stereocenters. The van der Waals surface area contributed by atoms with Gasteiger partial charge in [-0.05, 0) is 12.8 Å². The van der Waals surface area contributed by atoms with Crippen LogP contribution in [0, 0.1) is 0 Å². The van der Waals surface area contributed by atoms with Gasteiger partial charge in [0.25, 0.3) is 0 Å². The van der Waals surface area contributed by atoms with Crippen molar-refractivity contribution in [2.45, 2.75) is 38.1 Å². The third-order valence-electron chi connectivity index (χ3n) is 3.26. The van der Waals surface area contributed by atoms with Crippen molar-refractivity contribution in [3.8, 4) is 0 Å². The van der Waals surface area contributed by atoms with E-state index in [1.54, 1.807) is 5.38 Å². The van der Waals surface area contributed by atoms with E-state index in [0.29, 0.717) is 23.8 Å². The standard InChI is InChI=1S/C12H17N3O3S/c13-12-14-8(7-19-12)6-10(16)15-5-3-1-2-4-9(15)11(17)18/h7,9H,1-6H2,(H2,13,14)(H,17,18). The van der Waals surface area contributed by atoms with Crippen molar-refractivity contribution in [1.82, 2.24) is 9.88 Å². The highest BCUT2D eigenvalue weighted by atomic mass is 32.1. The number of carboxylic acid groups (broad SMARTS) is 1. The van der Waals surface area contributed by atoms with Crippen molar-refractivity contribution in [2.24, 2.45) is 0 Å². The summed E-state index contributed by atoms with van der Waals surface area (Å²) in [5.74, 6) is -1.10.